The van der Waals surface area contributed by atoms with Gasteiger partial charge >= 0.3 is 0 Å². The number of Topliss-reactive ketones (excluding diaryl/α,β-unsaturated/α-hetero) is 6. The molecule has 4 N–H and O–H groups in total. The van der Waals surface area contributed by atoms with Crippen LogP contribution in [0.25, 0.3) is 40.9 Å². The first-order valence-electron chi connectivity index (χ1n) is 38.7. The molecule has 4 aromatic carbocycles. The lowest BCUT2D eigenvalue weighted by molar-refractivity contribution is -0.118. The average Bonchev–Trinajstić information content (AvgIpc) is 1.61. The van der Waals surface area contributed by atoms with Crippen molar-refractivity contribution in [2.75, 3.05) is 13.1 Å². The Morgan fingerprint density at radius 3 is 0.875 bits per heavy atom. The molecular weight excluding hydrogens is 1590 g/mol. The molecule has 0 aliphatic carbocycles. The molecule has 34 heteroatoms. The molecule has 16 rings (SSSR count). The van der Waals surface area contributed by atoms with Gasteiger partial charge in [-0.3, -0.25) is 67.0 Å². The SMILES string of the molecule is CC(=O)C[C@@H]1N=C(c2ccc(C(=O)CN)cc2)c2c(sc(C)c2C)-n2c(C)nnc21.CC(=O)C[C@@H]1N=C(c2ccc(C(=O)CN=[N+]=[N-])cc2)c2c(sc(C)c2C)-n2c(C)nnc21.CC(=O)C[C@@H]1N=C(c2ccc(CN)cc2)c2c(sc(C)c2C)-n2c(C)nnc21.CC(=O)C[C@@H]1N=C(c2ccc(CN=[N+]=[N-])cc2)c2c(sc(C)c2C)-n2c(C)nnc21. The van der Waals surface area contributed by atoms with Crippen LogP contribution >= 0.6 is 45.3 Å². The van der Waals surface area contributed by atoms with E-state index in [1.807, 2.05) is 102 Å². The minimum atomic E-state index is -0.464. The number of hydrogen-bond acceptors (Lipinski definition) is 26. The van der Waals surface area contributed by atoms with Crippen molar-refractivity contribution in [3.05, 3.63) is 273 Å². The Balaban J connectivity index is 0.000000138. The van der Waals surface area contributed by atoms with Gasteiger partial charge in [-0.05, 0) is 155 Å². The molecule has 612 valence electrons. The zero-order valence-corrected chi connectivity index (χ0v) is 72.5. The minimum Gasteiger partial charge on any atom is -0.326 e. The first-order valence-corrected chi connectivity index (χ1v) is 42.0. The van der Waals surface area contributed by atoms with Crippen LogP contribution in [0.5, 0.6) is 0 Å². The predicted octanol–water partition coefficient (Wildman–Crippen LogP) is 16.4. The Bertz CT molecular complexity index is 6320. The van der Waals surface area contributed by atoms with E-state index in [9.17, 15) is 28.8 Å². The second kappa shape index (κ2) is 36.0. The van der Waals surface area contributed by atoms with Gasteiger partial charge in [0.05, 0.1) is 42.5 Å². The van der Waals surface area contributed by atoms with Crippen molar-refractivity contribution in [2.24, 2.45) is 41.7 Å². The zero-order valence-electron chi connectivity index (χ0n) is 69.3. The predicted molar refractivity (Wildman–Crippen MR) is 467 cm³/mol. The molecule has 0 saturated heterocycles. The quantitative estimate of drug-likeness (QED) is 0.0310. The summed E-state index contributed by atoms with van der Waals surface area (Å²) in [5.41, 5.74) is 47.0. The van der Waals surface area contributed by atoms with Crippen LogP contribution in [-0.2, 0) is 32.3 Å². The molecular formula is C86H88N24O6S4. The van der Waals surface area contributed by atoms with Crippen molar-refractivity contribution in [3.8, 4) is 20.0 Å². The minimum absolute atomic E-state index is 0.0162. The highest BCUT2D eigenvalue weighted by molar-refractivity contribution is 7.16. The summed E-state index contributed by atoms with van der Waals surface area (Å²) in [5, 5.41) is 45.6. The van der Waals surface area contributed by atoms with Crippen molar-refractivity contribution in [1.82, 2.24) is 59.1 Å². The fraction of sp³-hybridized carbons (Fsp3) is 0.326. The average molecular weight is 1680 g/mol. The fourth-order valence-corrected chi connectivity index (χ4v) is 19.7. The number of aryl methyl sites for hydroxylation is 8. The first kappa shape index (κ1) is 85.4. The van der Waals surface area contributed by atoms with Gasteiger partial charge in [-0.1, -0.05) is 107 Å². The van der Waals surface area contributed by atoms with Crippen LogP contribution in [0.4, 0.5) is 0 Å². The Morgan fingerprint density at radius 2 is 0.625 bits per heavy atom. The van der Waals surface area contributed by atoms with Crippen molar-refractivity contribution in [1.29, 1.82) is 0 Å². The summed E-state index contributed by atoms with van der Waals surface area (Å²) in [6.45, 7) is 31.2. The summed E-state index contributed by atoms with van der Waals surface area (Å²) in [4.78, 5) is 102. The second-order valence-corrected chi connectivity index (χ2v) is 34.6. The van der Waals surface area contributed by atoms with Crippen molar-refractivity contribution in [2.45, 2.75) is 174 Å². The zero-order chi connectivity index (χ0) is 86.0. The van der Waals surface area contributed by atoms with Crippen LogP contribution in [0.3, 0.4) is 0 Å². The lowest BCUT2D eigenvalue weighted by atomic mass is 9.98. The monoisotopic (exact) mass is 1680 g/mol. The molecule has 0 fully saturated rings. The Morgan fingerprint density at radius 1 is 0.367 bits per heavy atom. The van der Waals surface area contributed by atoms with Gasteiger partial charge < -0.3 is 11.5 Å². The van der Waals surface area contributed by atoms with Crippen molar-refractivity contribution < 1.29 is 28.8 Å². The van der Waals surface area contributed by atoms with Crippen molar-refractivity contribution in [3.63, 3.8) is 0 Å². The molecule has 4 aliphatic rings. The van der Waals surface area contributed by atoms with Gasteiger partial charge in [0.25, 0.3) is 0 Å². The van der Waals surface area contributed by atoms with Gasteiger partial charge in [0.1, 0.15) is 90.6 Å². The van der Waals surface area contributed by atoms with Gasteiger partial charge in [0, 0.05) is 117 Å². The molecule has 120 heavy (non-hydrogen) atoms. The van der Waals surface area contributed by atoms with Crippen LogP contribution in [0.1, 0.15) is 242 Å². The van der Waals surface area contributed by atoms with Gasteiger partial charge in [-0.25, -0.2) is 0 Å². The number of rotatable bonds is 20. The van der Waals surface area contributed by atoms with Crippen molar-refractivity contribution >= 4 is 103 Å². The molecule has 0 bridgehead atoms. The molecule has 0 radical (unpaired) electrons. The topological polar surface area (TPSA) is 424 Å². The molecule has 12 heterocycles. The summed E-state index contributed by atoms with van der Waals surface area (Å²) in [7, 11) is 0. The van der Waals surface area contributed by atoms with Crippen LogP contribution in [0.15, 0.2) is 127 Å². The van der Waals surface area contributed by atoms with Gasteiger partial charge in [0.15, 0.2) is 34.9 Å². The summed E-state index contributed by atoms with van der Waals surface area (Å²) >= 11 is 6.72. The molecule has 12 aromatic rings. The number of fused-ring (bicyclic) bond motifs is 12. The van der Waals surface area contributed by atoms with Crippen LogP contribution < -0.4 is 11.5 Å². The van der Waals surface area contributed by atoms with E-state index >= 15 is 0 Å². The number of aromatic nitrogens is 12. The third-order valence-electron chi connectivity index (χ3n) is 21.3. The van der Waals surface area contributed by atoms with E-state index in [-0.39, 0.29) is 73.1 Å². The fourth-order valence-electron chi connectivity index (χ4n) is 14.8. The van der Waals surface area contributed by atoms with E-state index in [0.29, 0.717) is 48.1 Å². The maximum absolute atomic E-state index is 12.2. The van der Waals surface area contributed by atoms with E-state index < -0.39 is 18.1 Å². The highest BCUT2D eigenvalue weighted by atomic mass is 32.1. The normalized spacial score (nSPS) is 15.1. The molecule has 0 unspecified atom stereocenters. The summed E-state index contributed by atoms with van der Waals surface area (Å²) in [6.07, 6.45) is 1.04. The van der Waals surface area contributed by atoms with Gasteiger partial charge in [-0.2, -0.15) is 0 Å². The number of benzene rings is 4. The molecule has 4 atom stereocenters. The van der Waals surface area contributed by atoms with Gasteiger partial charge in [-0.15, -0.1) is 86.1 Å². The lowest BCUT2D eigenvalue weighted by Gasteiger charge is -2.11. The lowest BCUT2D eigenvalue weighted by Crippen LogP contribution is -2.14. The second-order valence-electron chi connectivity index (χ2n) is 29.8. The maximum atomic E-state index is 12.2. The Hall–Kier alpha value is -12.5. The Kier molecular flexibility index (Phi) is 25.6. The number of nitrogens with zero attached hydrogens (tertiary/aromatic N) is 22. The molecule has 0 saturated carbocycles. The number of azide groups is 2. The highest BCUT2D eigenvalue weighted by Crippen LogP contribution is 2.45. The van der Waals surface area contributed by atoms with Crippen LogP contribution in [-0.4, -0.2) is 130 Å². The summed E-state index contributed by atoms with van der Waals surface area (Å²) < 4.78 is 8.14. The maximum Gasteiger partial charge on any atom is 0.176 e. The molecule has 8 aromatic heterocycles. The summed E-state index contributed by atoms with van der Waals surface area (Å²) in [6, 6.07) is 28.8. The largest absolute Gasteiger partial charge is 0.326 e. The molecule has 0 spiro atoms. The van der Waals surface area contributed by atoms with E-state index in [4.69, 9.17) is 42.5 Å². The van der Waals surface area contributed by atoms with E-state index in [0.717, 1.165) is 149 Å². The molecule has 0 amide bonds. The molecule has 30 nitrogen and oxygen atoms in total. The van der Waals surface area contributed by atoms with Crippen LogP contribution in [0.2, 0.25) is 0 Å². The first-order chi connectivity index (χ1) is 57.4. The summed E-state index contributed by atoms with van der Waals surface area (Å²) in [5.74, 6) is 5.67. The van der Waals surface area contributed by atoms with E-state index in [1.54, 1.807) is 97.3 Å². The number of nitrogens with two attached hydrogens (primary N) is 2. The third-order valence-corrected chi connectivity index (χ3v) is 26.1. The third kappa shape index (κ3) is 17.1. The smallest absolute Gasteiger partial charge is 0.176 e. The van der Waals surface area contributed by atoms with Crippen LogP contribution in [0, 0.1) is 83.1 Å². The number of ketones is 6. The number of hydrogen-bond donors (Lipinski definition) is 2. The van der Waals surface area contributed by atoms with E-state index in [1.165, 1.54) is 20.2 Å². The number of thiophene rings is 4. The van der Waals surface area contributed by atoms with E-state index in [2.05, 4.69) is 133 Å². The molecule has 4 aliphatic heterocycles. The Labute approximate surface area is 707 Å². The standard InChI is InChI=1S/C22H21N7O2S.C22H23N5O2S.C21H21N7OS.C21H23N5OS/c1-11(30)9-17-21-27-26-14(4)29(21)22-19(12(2)13(3)32-22)20(25-17)16-7-5-15(6-8-16)18(31)10-24-28-23;1-11(28)9-17-21-26-25-14(4)27(21)22-19(12(2)13(3)30-22)20(24-17)16-7-5-15(6-8-16)18(29)10-23;1-11(29)9-17-20-26-25-14(4)28(20)21-18(12(2)13(3)30-21)19(24-17)16-7-5-15(6-8-16)10-23-27-22;1-11(27)9-17-20-25-24-14(4)26(20)21-18(12(2)13(3)28-21)19(23-17)16-7-5-15(10-22)6-8-16/h5-8,17H,9-10H2,1-4H3;5-8,17H,9-10,23H2,1-4H3;5-8,17H,9-10H2,1-4H3;5-8,17H,9-10,22H2,1-4H3/t4*17-/m0000/s1. The number of aliphatic imine (C=N–C) groups is 4. The number of carbonyl (C=O) groups excluding carboxylic acids is 6. The highest BCUT2D eigenvalue weighted by Gasteiger charge is 2.38. The van der Waals surface area contributed by atoms with Gasteiger partial charge in [0.2, 0.25) is 0 Å². The number of carbonyl (C=O) groups is 6.